The summed E-state index contributed by atoms with van der Waals surface area (Å²) in [6.07, 6.45) is 1.37. The third-order valence-corrected chi connectivity index (χ3v) is 9.98. The van der Waals surface area contributed by atoms with Gasteiger partial charge in [0.1, 0.15) is 12.7 Å². The fourth-order valence-corrected chi connectivity index (χ4v) is 6.98. The van der Waals surface area contributed by atoms with E-state index in [-0.39, 0.29) is 28.9 Å². The number of amides is 1. The van der Waals surface area contributed by atoms with E-state index in [0.717, 1.165) is 5.39 Å². The normalized spacial score (nSPS) is 14.5. The number of carboxylic acids is 1. The summed E-state index contributed by atoms with van der Waals surface area (Å²) in [5, 5.41) is 16.3. The number of carboxylic acid groups (broad SMARTS) is 1. The first-order valence-electron chi connectivity index (χ1n) is 14.5. The van der Waals surface area contributed by atoms with Crippen LogP contribution in [0.1, 0.15) is 41.7 Å². The second kappa shape index (κ2) is 13.8. The van der Waals surface area contributed by atoms with E-state index in [0.29, 0.717) is 46.3 Å². The van der Waals surface area contributed by atoms with Gasteiger partial charge in [0.05, 0.1) is 10.1 Å². The van der Waals surface area contributed by atoms with Crippen LogP contribution in [0, 0.1) is 0 Å². The summed E-state index contributed by atoms with van der Waals surface area (Å²) in [6.45, 7) is 0.00832. The van der Waals surface area contributed by atoms with E-state index < -0.39 is 34.0 Å². The molecule has 0 aliphatic heterocycles. The van der Waals surface area contributed by atoms with Gasteiger partial charge in [0.2, 0.25) is 0 Å². The Labute approximate surface area is 267 Å². The number of hydrogen-bond acceptors (Lipinski definition) is 9. The van der Waals surface area contributed by atoms with Crippen molar-refractivity contribution in [3.05, 3.63) is 100.0 Å². The molecule has 1 aliphatic rings. The minimum atomic E-state index is -3.47. The van der Waals surface area contributed by atoms with Crippen molar-refractivity contribution in [2.45, 2.75) is 41.7 Å². The maximum Gasteiger partial charge on any atom is 0.411 e. The Morgan fingerprint density at radius 1 is 1.04 bits per heavy atom. The van der Waals surface area contributed by atoms with Gasteiger partial charge in [-0.25, -0.2) is 18.0 Å². The molecule has 1 unspecified atom stereocenters. The maximum absolute atomic E-state index is 12.9. The van der Waals surface area contributed by atoms with E-state index in [1.54, 1.807) is 67.8 Å². The van der Waals surface area contributed by atoms with Crippen LogP contribution in [0.2, 0.25) is 0 Å². The van der Waals surface area contributed by atoms with Crippen molar-refractivity contribution in [2.24, 2.45) is 0 Å². The molecule has 0 bridgehead atoms. The molecule has 1 fully saturated rings. The largest absolute Gasteiger partial charge is 0.479 e. The first kappa shape index (κ1) is 32.7. The molecule has 3 aromatic carbocycles. The van der Waals surface area contributed by atoms with Crippen LogP contribution < -0.4 is 16.2 Å². The molecule has 1 saturated carbocycles. The zero-order valence-corrected chi connectivity index (χ0v) is 26.0. The quantitative estimate of drug-likeness (QED) is 0.155. The molecule has 1 aromatic heterocycles. The van der Waals surface area contributed by atoms with Gasteiger partial charge in [0.25, 0.3) is 5.56 Å². The van der Waals surface area contributed by atoms with E-state index in [9.17, 15) is 27.9 Å². The van der Waals surface area contributed by atoms with Gasteiger partial charge in [-0.2, -0.15) is 0 Å². The molecule has 46 heavy (non-hydrogen) atoms. The number of carbonyl (C=O) groups is 2. The molecule has 2 atom stereocenters. The van der Waals surface area contributed by atoms with Crippen LogP contribution in [0.15, 0.2) is 82.6 Å². The number of methoxy groups -OCH3 is 1. The summed E-state index contributed by atoms with van der Waals surface area (Å²) >= 11 is 0. The third kappa shape index (κ3) is 7.58. The fraction of sp³-hybridized carbons (Fsp3) is 0.281. The monoisotopic (exact) mass is 644 g/mol. The number of hydrogen-bond donors (Lipinski definition) is 4. The van der Waals surface area contributed by atoms with Gasteiger partial charge < -0.3 is 29.7 Å². The Hall–Kier alpha value is -4.66. The van der Waals surface area contributed by atoms with Crippen molar-refractivity contribution < 1.29 is 32.6 Å². The number of nitrogens with one attached hydrogen (secondary N) is 3. The molecular weight excluding hydrogens is 611 g/mol. The molecule has 2 radical (unpaired) electrons. The van der Waals surface area contributed by atoms with Gasteiger partial charge in [0, 0.05) is 36.6 Å². The molecule has 0 spiro atoms. The number of rotatable bonds is 13. The first-order chi connectivity index (χ1) is 22.0. The predicted octanol–water partition coefficient (Wildman–Crippen LogP) is 4.15. The maximum atomic E-state index is 12.9. The second-order valence-corrected chi connectivity index (χ2v) is 13.3. The van der Waals surface area contributed by atoms with Crippen LogP contribution in [-0.2, 0) is 30.7 Å². The summed E-state index contributed by atoms with van der Waals surface area (Å²) in [4.78, 5) is 41.2. The summed E-state index contributed by atoms with van der Waals surface area (Å²) in [5.41, 5.74) is 2.10. The Kier molecular flexibility index (Phi) is 9.80. The summed E-state index contributed by atoms with van der Waals surface area (Å²) in [5.74, 6) is -1.11. The molecule has 1 aliphatic carbocycles. The number of sulfone groups is 1. The van der Waals surface area contributed by atoms with E-state index in [1.165, 1.54) is 24.1 Å². The average molecular weight is 645 g/mol. The van der Waals surface area contributed by atoms with Crippen molar-refractivity contribution in [1.82, 2.24) is 9.79 Å². The van der Waals surface area contributed by atoms with Crippen molar-refractivity contribution in [2.75, 3.05) is 31.4 Å². The standard InChI is InChI=1S/C32H33BN4O8S/c1-37(33)17-22-15-23(9-12-28(22)46(42,43)25-10-11-25)36-32(41)45-18-27(44-2)20-3-5-21(6-4-20)29(31(39)40)35-24-8-7-19-13-14-34-30(38)26(19)16-24/h3-9,12-16,25,27,29,35H,10-11,17-18H2,1-2H3,(H,34,38)(H,36,41)(H,39,40)/t27-,29?/m0/s1. The third-order valence-electron chi connectivity index (χ3n) is 7.62. The zero-order valence-electron chi connectivity index (χ0n) is 25.2. The van der Waals surface area contributed by atoms with Crippen LogP contribution in [0.25, 0.3) is 10.8 Å². The molecule has 12 nitrogen and oxygen atoms in total. The highest BCUT2D eigenvalue weighted by atomic mass is 32.2. The highest BCUT2D eigenvalue weighted by Crippen LogP contribution is 2.36. The van der Waals surface area contributed by atoms with Crippen molar-refractivity contribution in [3.8, 4) is 0 Å². The average Bonchev–Trinajstić information content (AvgIpc) is 3.87. The van der Waals surface area contributed by atoms with Crippen LogP contribution >= 0.6 is 0 Å². The second-order valence-electron chi connectivity index (χ2n) is 11.1. The molecule has 4 N–H and O–H groups in total. The van der Waals surface area contributed by atoms with Crippen LogP contribution in [0.5, 0.6) is 0 Å². The van der Waals surface area contributed by atoms with Gasteiger partial charge in [0.15, 0.2) is 23.9 Å². The molecule has 238 valence electrons. The van der Waals surface area contributed by atoms with Gasteiger partial charge >= 0.3 is 12.1 Å². The number of ether oxygens (including phenoxy) is 2. The van der Waals surface area contributed by atoms with E-state index in [2.05, 4.69) is 15.6 Å². The van der Waals surface area contributed by atoms with Crippen molar-refractivity contribution in [1.29, 1.82) is 0 Å². The lowest BCUT2D eigenvalue weighted by molar-refractivity contribution is -0.138. The lowest BCUT2D eigenvalue weighted by atomic mass is 10.0. The molecule has 0 saturated heterocycles. The molecular formula is C32H33BN4O8S. The smallest absolute Gasteiger partial charge is 0.411 e. The number of carbonyl (C=O) groups excluding carboxylic acids is 1. The zero-order chi connectivity index (χ0) is 33.0. The van der Waals surface area contributed by atoms with E-state index in [4.69, 9.17) is 17.5 Å². The Balaban J connectivity index is 1.23. The van der Waals surface area contributed by atoms with Crippen LogP contribution in [0.4, 0.5) is 16.2 Å². The topological polar surface area (TPSA) is 167 Å². The number of benzene rings is 3. The van der Waals surface area contributed by atoms with Gasteiger partial charge in [-0.3, -0.25) is 10.1 Å². The molecule has 5 rings (SSSR count). The number of aromatic nitrogens is 1. The Morgan fingerprint density at radius 2 is 1.74 bits per heavy atom. The number of aliphatic carboxylic acids is 1. The van der Waals surface area contributed by atoms with E-state index in [1.807, 2.05) is 0 Å². The molecule has 1 amide bonds. The highest BCUT2D eigenvalue weighted by molar-refractivity contribution is 7.92. The number of H-pyrrole nitrogens is 1. The summed E-state index contributed by atoms with van der Waals surface area (Å²) in [6, 6.07) is 16.9. The number of aromatic amines is 1. The summed E-state index contributed by atoms with van der Waals surface area (Å²) < 4.78 is 36.7. The lowest BCUT2D eigenvalue weighted by Crippen LogP contribution is -2.21. The van der Waals surface area contributed by atoms with Crippen LogP contribution in [-0.4, -0.2) is 69.4 Å². The molecule has 4 aromatic rings. The number of anilines is 2. The van der Waals surface area contributed by atoms with Gasteiger partial charge in [-0.15, -0.1) is 0 Å². The first-order valence-corrected chi connectivity index (χ1v) is 16.0. The van der Waals surface area contributed by atoms with Gasteiger partial charge in [-0.1, -0.05) is 30.3 Å². The van der Waals surface area contributed by atoms with Crippen LogP contribution in [0.3, 0.4) is 0 Å². The van der Waals surface area contributed by atoms with E-state index >= 15 is 0 Å². The van der Waals surface area contributed by atoms with Gasteiger partial charge in [-0.05, 0) is 78.4 Å². The SMILES string of the molecule is [B]N(C)Cc1cc(NC(=O)OC[C@H](OC)c2ccc(C(Nc3ccc4cc[nH]c(=O)c4c3)C(=O)O)cc2)ccc1S(=O)(=O)C1CC1. The summed E-state index contributed by atoms with van der Waals surface area (Å²) in [7, 11) is 5.40. The predicted molar refractivity (Wildman–Crippen MR) is 174 cm³/mol. The fourth-order valence-electron chi connectivity index (χ4n) is 5.12. The minimum Gasteiger partial charge on any atom is -0.479 e. The number of fused-ring (bicyclic) bond motifs is 1. The lowest BCUT2D eigenvalue weighted by Gasteiger charge is -2.19. The number of nitrogens with zero attached hydrogens (tertiary/aromatic N) is 1. The van der Waals surface area contributed by atoms with Crippen molar-refractivity contribution >= 4 is 52.0 Å². The minimum absolute atomic E-state index is 0.152. The Bertz CT molecular complexity index is 1910. The molecule has 14 heteroatoms. The number of pyridine rings is 1. The Morgan fingerprint density at radius 3 is 2.39 bits per heavy atom. The molecule has 1 heterocycles. The highest BCUT2D eigenvalue weighted by Gasteiger charge is 2.38. The van der Waals surface area contributed by atoms with Crippen molar-refractivity contribution in [3.63, 3.8) is 0 Å².